The number of nitrogens with two attached hydrogens (primary N) is 1. The fourth-order valence-corrected chi connectivity index (χ4v) is 8.51. The molecule has 5 heterocycles. The summed E-state index contributed by atoms with van der Waals surface area (Å²) in [5, 5.41) is 18.5. The molecule has 3 N–H and O–H groups in total. The summed E-state index contributed by atoms with van der Waals surface area (Å²) in [5.41, 5.74) is 10.7. The average Bonchev–Trinajstić information content (AvgIpc) is 3.68. The number of aryl methyl sites for hydroxylation is 1. The molecule has 1 unspecified atom stereocenters. The minimum atomic E-state index is -0.529. The zero-order chi connectivity index (χ0) is 28.7. The Hall–Kier alpha value is -3.17. The van der Waals surface area contributed by atoms with Gasteiger partial charge in [0, 0.05) is 85.8 Å². The normalized spacial score (nSPS) is 24.0. The molecule has 3 saturated heterocycles. The summed E-state index contributed by atoms with van der Waals surface area (Å²) in [6.07, 6.45) is 5.09. The number of ether oxygens (including phenoxy) is 1. The number of aromatic nitrogens is 2. The molecule has 10 nitrogen and oxygen atoms in total. The standard InChI is InChI=1S/C31H40N8O2S/c1-31(6-2-3-26-27(31)25(20-32)28(33)42-26)30-35-29(36-41-30)21-17-23(19-24(18-21)38-11-7-34-8-12-38)37-9-4-22(5-10-37)39-13-15-40-16-14-39/h17-19,22,34H,2-16,33H2,1H3. The Morgan fingerprint density at radius 3 is 2.48 bits per heavy atom. The van der Waals surface area contributed by atoms with Gasteiger partial charge in [-0.15, -0.1) is 11.3 Å². The Kier molecular flexibility index (Phi) is 7.56. The van der Waals surface area contributed by atoms with Crippen molar-refractivity contribution in [1.29, 1.82) is 5.26 Å². The third-order valence-electron chi connectivity index (χ3n) is 9.69. The van der Waals surface area contributed by atoms with Crippen LogP contribution in [0.15, 0.2) is 22.7 Å². The molecule has 0 amide bonds. The van der Waals surface area contributed by atoms with Crippen molar-refractivity contribution >= 4 is 27.7 Å². The van der Waals surface area contributed by atoms with E-state index in [-0.39, 0.29) is 0 Å². The first-order valence-corrected chi connectivity index (χ1v) is 16.2. The summed E-state index contributed by atoms with van der Waals surface area (Å²) >= 11 is 1.53. The molecular weight excluding hydrogens is 548 g/mol. The third kappa shape index (κ3) is 5.04. The number of fused-ring (bicyclic) bond motifs is 1. The van der Waals surface area contributed by atoms with Crippen molar-refractivity contribution in [2.45, 2.75) is 50.5 Å². The molecule has 0 saturated carbocycles. The van der Waals surface area contributed by atoms with Gasteiger partial charge in [0.25, 0.3) is 0 Å². The highest BCUT2D eigenvalue weighted by Crippen LogP contribution is 2.48. The van der Waals surface area contributed by atoms with Crippen LogP contribution >= 0.6 is 11.3 Å². The third-order valence-corrected chi connectivity index (χ3v) is 10.8. The minimum absolute atomic E-state index is 0.529. The molecule has 3 aliphatic heterocycles. The topological polar surface area (TPSA) is 120 Å². The van der Waals surface area contributed by atoms with E-state index in [1.165, 1.54) is 27.6 Å². The largest absolute Gasteiger partial charge is 0.389 e. The molecule has 2 aromatic heterocycles. The molecule has 1 aromatic carbocycles. The van der Waals surface area contributed by atoms with Gasteiger partial charge >= 0.3 is 0 Å². The van der Waals surface area contributed by atoms with E-state index in [1.54, 1.807) is 0 Å². The lowest BCUT2D eigenvalue weighted by atomic mass is 9.72. The van der Waals surface area contributed by atoms with Crippen LogP contribution in [0.4, 0.5) is 16.4 Å². The van der Waals surface area contributed by atoms with E-state index in [2.05, 4.69) is 56.4 Å². The van der Waals surface area contributed by atoms with Gasteiger partial charge in [-0.25, -0.2) is 0 Å². The van der Waals surface area contributed by atoms with Crippen molar-refractivity contribution in [3.63, 3.8) is 0 Å². The quantitative estimate of drug-likeness (QED) is 0.458. The zero-order valence-corrected chi connectivity index (χ0v) is 25.2. The van der Waals surface area contributed by atoms with Crippen LogP contribution in [0.2, 0.25) is 0 Å². The number of benzene rings is 1. The zero-order valence-electron chi connectivity index (χ0n) is 24.4. The highest BCUT2D eigenvalue weighted by atomic mass is 32.1. The van der Waals surface area contributed by atoms with E-state index in [1.807, 2.05) is 0 Å². The summed E-state index contributed by atoms with van der Waals surface area (Å²) in [6.45, 7) is 11.9. The molecule has 3 fully saturated rings. The van der Waals surface area contributed by atoms with Crippen molar-refractivity contribution in [1.82, 2.24) is 20.4 Å². The number of nitrogens with one attached hydrogen (secondary N) is 1. The second kappa shape index (κ2) is 11.5. The summed E-state index contributed by atoms with van der Waals surface area (Å²) in [4.78, 5) is 13.8. The smallest absolute Gasteiger partial charge is 0.237 e. The number of anilines is 3. The number of morpholine rings is 1. The van der Waals surface area contributed by atoms with Gasteiger partial charge in [0.05, 0.1) is 24.2 Å². The lowest BCUT2D eigenvalue weighted by Crippen LogP contribution is -2.49. The second-order valence-electron chi connectivity index (χ2n) is 12.2. The number of piperazine rings is 1. The first-order valence-electron chi connectivity index (χ1n) is 15.4. The Morgan fingerprint density at radius 2 is 1.76 bits per heavy atom. The summed E-state index contributed by atoms with van der Waals surface area (Å²) in [7, 11) is 0. The van der Waals surface area contributed by atoms with Crippen LogP contribution in [0.5, 0.6) is 0 Å². The van der Waals surface area contributed by atoms with Gasteiger partial charge in [-0.05, 0) is 57.2 Å². The number of nitriles is 1. The Balaban J connectivity index is 1.20. The maximum absolute atomic E-state index is 9.91. The van der Waals surface area contributed by atoms with Gasteiger partial charge in [0.1, 0.15) is 11.1 Å². The highest BCUT2D eigenvalue weighted by molar-refractivity contribution is 7.16. The van der Waals surface area contributed by atoms with Crippen LogP contribution < -0.4 is 20.9 Å². The van der Waals surface area contributed by atoms with Crippen LogP contribution in [0.25, 0.3) is 11.4 Å². The van der Waals surface area contributed by atoms with E-state index < -0.39 is 5.41 Å². The molecule has 0 spiro atoms. The van der Waals surface area contributed by atoms with Crippen molar-refractivity contribution in [3.05, 3.63) is 40.1 Å². The maximum atomic E-state index is 9.91. The average molecular weight is 589 g/mol. The lowest BCUT2D eigenvalue weighted by molar-refractivity contribution is 0.0115. The van der Waals surface area contributed by atoms with Crippen molar-refractivity contribution in [2.75, 3.05) is 81.1 Å². The van der Waals surface area contributed by atoms with Crippen LogP contribution in [0.3, 0.4) is 0 Å². The van der Waals surface area contributed by atoms with Gasteiger partial charge in [-0.3, -0.25) is 4.90 Å². The van der Waals surface area contributed by atoms with Gasteiger partial charge < -0.3 is 30.1 Å². The summed E-state index contributed by atoms with van der Waals surface area (Å²) in [6, 6.07) is 9.76. The SMILES string of the molecule is CC1(c2nc(-c3cc(N4CCNCC4)cc(N4CCC(N5CCOCC5)CC4)c3)no2)CCCc2sc(N)c(C#N)c21. The van der Waals surface area contributed by atoms with E-state index in [0.29, 0.717) is 28.3 Å². The number of rotatable bonds is 5. The number of piperidine rings is 1. The summed E-state index contributed by atoms with van der Waals surface area (Å²) in [5.74, 6) is 1.16. The van der Waals surface area contributed by atoms with Gasteiger partial charge in [0.2, 0.25) is 11.7 Å². The van der Waals surface area contributed by atoms with Gasteiger partial charge in [0.15, 0.2) is 0 Å². The Bertz CT molecular complexity index is 1460. The van der Waals surface area contributed by atoms with E-state index in [0.717, 1.165) is 109 Å². The fourth-order valence-electron chi connectivity index (χ4n) is 7.32. The van der Waals surface area contributed by atoms with E-state index in [9.17, 15) is 5.26 Å². The molecule has 0 radical (unpaired) electrons. The Labute approximate surface area is 251 Å². The van der Waals surface area contributed by atoms with Gasteiger partial charge in [-0.1, -0.05) is 5.16 Å². The first kappa shape index (κ1) is 27.7. The van der Waals surface area contributed by atoms with Crippen LogP contribution in [-0.4, -0.2) is 86.7 Å². The van der Waals surface area contributed by atoms with Crippen molar-refractivity contribution in [3.8, 4) is 17.5 Å². The number of nitrogens with zero attached hydrogens (tertiary/aromatic N) is 6. The van der Waals surface area contributed by atoms with E-state index >= 15 is 0 Å². The molecule has 1 aliphatic carbocycles. The van der Waals surface area contributed by atoms with Crippen molar-refractivity contribution < 1.29 is 9.26 Å². The molecule has 3 aromatic rings. The first-order chi connectivity index (χ1) is 20.5. The van der Waals surface area contributed by atoms with E-state index in [4.69, 9.17) is 20.0 Å². The molecule has 11 heteroatoms. The monoisotopic (exact) mass is 588 g/mol. The van der Waals surface area contributed by atoms with Crippen LogP contribution in [-0.2, 0) is 16.6 Å². The molecule has 7 rings (SSSR count). The molecule has 4 aliphatic rings. The number of hydrogen-bond acceptors (Lipinski definition) is 11. The second-order valence-corrected chi connectivity index (χ2v) is 13.3. The minimum Gasteiger partial charge on any atom is -0.389 e. The summed E-state index contributed by atoms with van der Waals surface area (Å²) < 4.78 is 11.6. The van der Waals surface area contributed by atoms with Gasteiger partial charge in [-0.2, -0.15) is 10.2 Å². The molecule has 1 atom stereocenters. The predicted molar refractivity (Wildman–Crippen MR) is 165 cm³/mol. The Morgan fingerprint density at radius 1 is 1.05 bits per heavy atom. The van der Waals surface area contributed by atoms with Crippen molar-refractivity contribution in [2.24, 2.45) is 0 Å². The maximum Gasteiger partial charge on any atom is 0.237 e. The molecule has 0 bridgehead atoms. The molecule has 42 heavy (non-hydrogen) atoms. The number of nitrogen functional groups attached to an aromatic ring is 1. The predicted octanol–water partition coefficient (Wildman–Crippen LogP) is 3.60. The number of hydrogen-bond donors (Lipinski definition) is 2. The lowest BCUT2D eigenvalue weighted by Gasteiger charge is -2.41. The molecule has 222 valence electrons. The highest BCUT2D eigenvalue weighted by Gasteiger charge is 2.43. The number of thiophene rings is 1. The van der Waals surface area contributed by atoms with Crippen LogP contribution in [0.1, 0.15) is 54.5 Å². The molecular formula is C31H40N8O2S. The fraction of sp³-hybridized carbons (Fsp3) is 0.581. The van der Waals surface area contributed by atoms with Crippen LogP contribution in [0, 0.1) is 11.3 Å².